The van der Waals surface area contributed by atoms with E-state index in [0.717, 1.165) is 4.90 Å². The minimum Gasteiger partial charge on any atom is -0.480 e. The summed E-state index contributed by atoms with van der Waals surface area (Å²) >= 11 is 0. The molecule has 0 bridgehead atoms. The van der Waals surface area contributed by atoms with Gasteiger partial charge in [-0.15, -0.1) is 0 Å². The van der Waals surface area contributed by atoms with E-state index in [1.807, 2.05) is 27.7 Å². The number of nitrogens with zero attached hydrogens (tertiary/aromatic N) is 3. The van der Waals surface area contributed by atoms with Gasteiger partial charge in [-0.3, -0.25) is 4.79 Å². The van der Waals surface area contributed by atoms with Gasteiger partial charge < -0.3 is 33.8 Å². The van der Waals surface area contributed by atoms with Gasteiger partial charge in [-0.05, 0) is 45.9 Å². The zero-order valence-electron chi connectivity index (χ0n) is 24.2. The highest BCUT2D eigenvalue weighted by Gasteiger charge is 2.52. The van der Waals surface area contributed by atoms with Crippen molar-refractivity contribution < 1.29 is 50.7 Å². The van der Waals surface area contributed by atoms with Crippen LogP contribution in [-0.4, -0.2) is 82.7 Å². The molecule has 2 fully saturated rings. The SMILES string of the molecule is CC1(C)OB(c2ccc(CC(NC(=O)c3c(F)cc(N4CCOC[C@@H]4C(F)(F)F)cc3F)C(=O)O)n3ccnc23)OC1(C)C. The van der Waals surface area contributed by atoms with Crippen molar-refractivity contribution in [1.29, 1.82) is 0 Å². The predicted molar refractivity (Wildman–Crippen MR) is 148 cm³/mol. The van der Waals surface area contributed by atoms with Gasteiger partial charge in [-0.2, -0.15) is 13.2 Å². The van der Waals surface area contributed by atoms with Crippen molar-refractivity contribution in [3.8, 4) is 0 Å². The van der Waals surface area contributed by atoms with E-state index in [1.165, 1.54) is 6.20 Å². The van der Waals surface area contributed by atoms with Crippen LogP contribution in [0.15, 0.2) is 36.7 Å². The minimum atomic E-state index is -4.73. The largest absolute Gasteiger partial charge is 0.498 e. The molecule has 3 aromatic rings. The zero-order valence-corrected chi connectivity index (χ0v) is 24.2. The zero-order chi connectivity index (χ0) is 32.2. The molecule has 44 heavy (non-hydrogen) atoms. The molecule has 1 aromatic carbocycles. The van der Waals surface area contributed by atoms with Gasteiger partial charge in [0.15, 0.2) is 0 Å². The standard InChI is InChI=1S/C28H30BF5N4O6/c1-26(2)27(3,4)44-29(43-26)17-6-5-15(38-8-7-35-23(17)38)13-20(25(40)41)36-24(39)22-18(30)11-16(12-19(22)31)37-9-10-42-14-21(37)28(32,33)34/h5-8,11-12,20-21H,9-10,13-14H2,1-4H3,(H,36,39)(H,40,41)/t20?,21-/m1/s1. The van der Waals surface area contributed by atoms with Crippen molar-refractivity contribution in [2.45, 2.75) is 63.6 Å². The molecule has 10 nitrogen and oxygen atoms in total. The summed E-state index contributed by atoms with van der Waals surface area (Å²) in [5.74, 6) is -5.76. The van der Waals surface area contributed by atoms with Crippen LogP contribution in [0.5, 0.6) is 0 Å². The van der Waals surface area contributed by atoms with Crippen molar-refractivity contribution in [1.82, 2.24) is 14.7 Å². The number of alkyl halides is 3. The van der Waals surface area contributed by atoms with E-state index in [9.17, 15) is 27.9 Å². The van der Waals surface area contributed by atoms with Crippen molar-refractivity contribution in [3.05, 3.63) is 59.6 Å². The summed E-state index contributed by atoms with van der Waals surface area (Å²) in [5, 5.41) is 12.0. The van der Waals surface area contributed by atoms with Crippen molar-refractivity contribution in [2.75, 3.05) is 24.7 Å². The molecule has 0 saturated carbocycles. The molecule has 0 radical (unpaired) electrons. The molecule has 0 aliphatic carbocycles. The Labute approximate surface area is 249 Å². The van der Waals surface area contributed by atoms with Gasteiger partial charge in [0.25, 0.3) is 5.91 Å². The third-order valence-electron chi connectivity index (χ3n) is 8.28. The van der Waals surface area contributed by atoms with Crippen LogP contribution in [0, 0.1) is 11.6 Å². The Morgan fingerprint density at radius 3 is 2.36 bits per heavy atom. The molecular weight excluding hydrogens is 594 g/mol. The van der Waals surface area contributed by atoms with E-state index in [0.29, 0.717) is 28.9 Å². The molecule has 1 unspecified atom stereocenters. The maximum Gasteiger partial charge on any atom is 0.498 e. The Kier molecular flexibility index (Phi) is 8.14. The minimum absolute atomic E-state index is 0.0970. The van der Waals surface area contributed by atoms with E-state index >= 15 is 8.78 Å². The predicted octanol–water partition coefficient (Wildman–Crippen LogP) is 3.10. The van der Waals surface area contributed by atoms with Crippen LogP contribution in [-0.2, 0) is 25.3 Å². The highest BCUT2D eigenvalue weighted by atomic mass is 19.4. The van der Waals surface area contributed by atoms with Gasteiger partial charge in [0.05, 0.1) is 24.4 Å². The highest BCUT2D eigenvalue weighted by molar-refractivity contribution is 6.64. The van der Waals surface area contributed by atoms with Crippen LogP contribution < -0.4 is 15.7 Å². The molecule has 2 aromatic heterocycles. The number of morpholine rings is 1. The second-order valence-electron chi connectivity index (χ2n) is 11.7. The molecule has 236 valence electrons. The molecule has 2 atom stereocenters. The number of carboxylic acid groups (broad SMARTS) is 1. The number of aromatic nitrogens is 2. The molecule has 1 amide bonds. The van der Waals surface area contributed by atoms with E-state index in [2.05, 4.69) is 10.3 Å². The number of hydrogen-bond acceptors (Lipinski definition) is 7. The van der Waals surface area contributed by atoms with Gasteiger partial charge in [-0.25, -0.2) is 18.6 Å². The molecule has 2 aliphatic rings. The average Bonchev–Trinajstić information content (AvgIpc) is 3.49. The van der Waals surface area contributed by atoms with Gasteiger partial charge in [0.2, 0.25) is 0 Å². The Balaban J connectivity index is 1.37. The maximum atomic E-state index is 15.1. The molecular formula is C28H30BF5N4O6. The number of carboxylic acids is 1. The molecule has 2 aliphatic heterocycles. The first kappa shape index (κ1) is 31.7. The van der Waals surface area contributed by atoms with Gasteiger partial charge in [-0.1, -0.05) is 6.07 Å². The third-order valence-corrected chi connectivity index (χ3v) is 8.28. The van der Waals surface area contributed by atoms with Gasteiger partial charge in [0, 0.05) is 42.2 Å². The van der Waals surface area contributed by atoms with Crippen LogP contribution in [0.2, 0.25) is 0 Å². The fourth-order valence-corrected chi connectivity index (χ4v) is 5.18. The van der Waals surface area contributed by atoms with Crippen LogP contribution >= 0.6 is 0 Å². The van der Waals surface area contributed by atoms with Gasteiger partial charge in [0.1, 0.15) is 34.9 Å². The van der Waals surface area contributed by atoms with E-state index < -0.39 is 77.9 Å². The summed E-state index contributed by atoms with van der Waals surface area (Å²) in [4.78, 5) is 30.2. The number of imidazole rings is 1. The van der Waals surface area contributed by atoms with Crippen LogP contribution in [0.4, 0.5) is 27.6 Å². The smallest absolute Gasteiger partial charge is 0.480 e. The lowest BCUT2D eigenvalue weighted by Crippen LogP contribution is -2.53. The summed E-state index contributed by atoms with van der Waals surface area (Å²) in [7, 11) is -0.758. The number of amides is 1. The Bertz CT molecular complexity index is 1560. The van der Waals surface area contributed by atoms with Crippen molar-refractivity contribution in [3.63, 3.8) is 0 Å². The van der Waals surface area contributed by atoms with Crippen LogP contribution in [0.25, 0.3) is 5.65 Å². The Hall–Kier alpha value is -3.76. The summed E-state index contributed by atoms with van der Waals surface area (Å²) in [5.41, 5.74) is -1.39. The van der Waals surface area contributed by atoms with E-state index in [4.69, 9.17) is 14.0 Å². The first-order valence-electron chi connectivity index (χ1n) is 13.7. The van der Waals surface area contributed by atoms with E-state index in [-0.39, 0.29) is 19.6 Å². The molecule has 0 spiro atoms. The highest BCUT2D eigenvalue weighted by Crippen LogP contribution is 2.37. The number of halogens is 5. The number of ether oxygens (including phenoxy) is 1. The first-order valence-corrected chi connectivity index (χ1v) is 13.7. The number of benzene rings is 1. The summed E-state index contributed by atoms with van der Waals surface area (Å²) < 4.78 is 89.3. The lowest BCUT2D eigenvalue weighted by Gasteiger charge is -2.38. The lowest BCUT2D eigenvalue weighted by molar-refractivity contribution is -0.167. The maximum absolute atomic E-state index is 15.1. The quantitative estimate of drug-likeness (QED) is 0.305. The number of pyridine rings is 1. The first-order chi connectivity index (χ1) is 20.5. The number of rotatable bonds is 7. The number of carbonyl (C=O) groups excluding carboxylic acids is 1. The van der Waals surface area contributed by atoms with Crippen LogP contribution in [0.1, 0.15) is 43.7 Å². The number of fused-ring (bicyclic) bond motifs is 1. The molecule has 2 N–H and O–H groups in total. The number of anilines is 1. The second kappa shape index (κ2) is 11.3. The number of nitrogens with one attached hydrogen (secondary N) is 1. The summed E-state index contributed by atoms with van der Waals surface area (Å²) in [6, 6.07) is 0.721. The topological polar surface area (TPSA) is 115 Å². The van der Waals surface area contributed by atoms with Crippen LogP contribution in [0.3, 0.4) is 0 Å². The number of carbonyl (C=O) groups is 2. The number of hydrogen-bond donors (Lipinski definition) is 2. The van der Waals surface area contributed by atoms with Gasteiger partial charge >= 0.3 is 19.3 Å². The monoisotopic (exact) mass is 624 g/mol. The summed E-state index contributed by atoms with van der Waals surface area (Å²) in [6.07, 6.45) is -1.97. The average molecular weight is 624 g/mol. The fourth-order valence-electron chi connectivity index (χ4n) is 5.18. The molecule has 4 heterocycles. The van der Waals surface area contributed by atoms with Crippen molar-refractivity contribution >= 4 is 35.8 Å². The van der Waals surface area contributed by atoms with Crippen molar-refractivity contribution in [2.24, 2.45) is 0 Å². The second-order valence-corrected chi connectivity index (χ2v) is 11.7. The molecule has 2 saturated heterocycles. The third kappa shape index (κ3) is 5.85. The Morgan fingerprint density at radius 1 is 1.14 bits per heavy atom. The molecule has 5 rings (SSSR count). The Morgan fingerprint density at radius 2 is 1.77 bits per heavy atom. The van der Waals surface area contributed by atoms with E-state index in [1.54, 1.807) is 22.7 Å². The summed E-state index contributed by atoms with van der Waals surface area (Å²) in [6.45, 7) is 6.47. The normalized spacial score (nSPS) is 20.6. The fraction of sp³-hybridized carbons (Fsp3) is 0.464. The molecule has 16 heteroatoms. The number of aliphatic carboxylic acids is 1. The lowest BCUT2D eigenvalue weighted by atomic mass is 9.79.